The molecule has 0 radical (unpaired) electrons. The standard InChI is InChI=1S/C17H14N6O2/c24-16-11-4-8-23(17(25)13-9-18-6-7-20-13)10-14(11)21-15(22-16)12-3-1-2-5-19-12/h1-3,5-7,9H,4,8,10H2,(H,21,22,24). The number of aromatic amines is 1. The van der Waals surface area contributed by atoms with Gasteiger partial charge in [0, 0.05) is 30.7 Å². The zero-order valence-electron chi connectivity index (χ0n) is 13.2. The first-order valence-corrected chi connectivity index (χ1v) is 7.81. The zero-order valence-corrected chi connectivity index (χ0v) is 13.2. The molecule has 25 heavy (non-hydrogen) atoms. The maximum atomic E-state index is 12.5. The highest BCUT2D eigenvalue weighted by Crippen LogP contribution is 2.18. The van der Waals surface area contributed by atoms with Gasteiger partial charge in [-0.2, -0.15) is 0 Å². The van der Waals surface area contributed by atoms with Gasteiger partial charge in [0.2, 0.25) is 0 Å². The topological polar surface area (TPSA) is 105 Å². The van der Waals surface area contributed by atoms with Crippen LogP contribution in [0, 0.1) is 0 Å². The number of pyridine rings is 1. The molecular formula is C17H14N6O2. The Balaban J connectivity index is 1.67. The lowest BCUT2D eigenvalue weighted by molar-refractivity contribution is 0.0725. The lowest BCUT2D eigenvalue weighted by atomic mass is 10.1. The predicted molar refractivity (Wildman–Crippen MR) is 88.6 cm³/mol. The number of fused-ring (bicyclic) bond motifs is 1. The molecule has 0 spiro atoms. The third kappa shape index (κ3) is 2.89. The van der Waals surface area contributed by atoms with Gasteiger partial charge in [-0.05, 0) is 18.6 Å². The Bertz CT molecular complexity index is 971. The van der Waals surface area contributed by atoms with Crippen molar-refractivity contribution in [3.05, 3.63) is 70.3 Å². The Morgan fingerprint density at radius 1 is 1.16 bits per heavy atom. The van der Waals surface area contributed by atoms with Crippen molar-refractivity contribution in [2.45, 2.75) is 13.0 Å². The average Bonchev–Trinajstić information content (AvgIpc) is 2.68. The fraction of sp³-hybridized carbons (Fsp3) is 0.176. The molecule has 1 aliphatic rings. The summed E-state index contributed by atoms with van der Waals surface area (Å²) in [6.07, 6.45) is 6.52. The molecule has 0 saturated carbocycles. The maximum Gasteiger partial charge on any atom is 0.274 e. The summed E-state index contributed by atoms with van der Waals surface area (Å²) in [4.78, 5) is 46.0. The molecule has 0 atom stereocenters. The summed E-state index contributed by atoms with van der Waals surface area (Å²) in [6, 6.07) is 5.39. The van der Waals surface area contributed by atoms with Crippen LogP contribution in [-0.4, -0.2) is 42.3 Å². The van der Waals surface area contributed by atoms with E-state index >= 15 is 0 Å². The zero-order chi connectivity index (χ0) is 17.2. The van der Waals surface area contributed by atoms with Crippen LogP contribution in [0.3, 0.4) is 0 Å². The van der Waals surface area contributed by atoms with Crippen molar-refractivity contribution in [2.24, 2.45) is 0 Å². The van der Waals surface area contributed by atoms with Gasteiger partial charge in [-0.15, -0.1) is 0 Å². The van der Waals surface area contributed by atoms with Gasteiger partial charge >= 0.3 is 0 Å². The Hall–Kier alpha value is -3.42. The lowest BCUT2D eigenvalue weighted by Gasteiger charge is -2.27. The highest BCUT2D eigenvalue weighted by molar-refractivity contribution is 5.92. The Morgan fingerprint density at radius 3 is 2.84 bits per heavy atom. The summed E-state index contributed by atoms with van der Waals surface area (Å²) >= 11 is 0. The van der Waals surface area contributed by atoms with Gasteiger partial charge in [-0.25, -0.2) is 9.97 Å². The van der Waals surface area contributed by atoms with E-state index in [2.05, 4.69) is 24.9 Å². The first kappa shape index (κ1) is 15.1. The van der Waals surface area contributed by atoms with Crippen LogP contribution in [0.2, 0.25) is 0 Å². The van der Waals surface area contributed by atoms with Gasteiger partial charge in [0.05, 0.1) is 18.4 Å². The molecule has 4 rings (SSSR count). The number of hydrogen-bond donors (Lipinski definition) is 1. The summed E-state index contributed by atoms with van der Waals surface area (Å²) in [6.45, 7) is 0.699. The molecule has 3 aromatic heterocycles. The Kier molecular flexibility index (Phi) is 3.77. The lowest BCUT2D eigenvalue weighted by Crippen LogP contribution is -2.39. The smallest absolute Gasteiger partial charge is 0.274 e. The summed E-state index contributed by atoms with van der Waals surface area (Å²) in [5, 5.41) is 0. The first-order valence-electron chi connectivity index (χ1n) is 7.81. The van der Waals surface area contributed by atoms with Crippen molar-refractivity contribution >= 4 is 5.91 Å². The monoisotopic (exact) mass is 334 g/mol. The molecular weight excluding hydrogens is 320 g/mol. The quantitative estimate of drug-likeness (QED) is 0.744. The second-order valence-corrected chi connectivity index (χ2v) is 5.62. The maximum absolute atomic E-state index is 12.5. The number of rotatable bonds is 2. The molecule has 1 aliphatic heterocycles. The highest BCUT2D eigenvalue weighted by Gasteiger charge is 2.26. The third-order valence-electron chi connectivity index (χ3n) is 4.05. The number of H-pyrrole nitrogens is 1. The van der Waals surface area contributed by atoms with Crippen molar-refractivity contribution in [1.82, 2.24) is 29.8 Å². The Labute approximate surface area is 142 Å². The number of nitrogens with one attached hydrogen (secondary N) is 1. The van der Waals surface area contributed by atoms with Gasteiger partial charge < -0.3 is 9.88 Å². The van der Waals surface area contributed by atoms with Gasteiger partial charge in [-0.1, -0.05) is 6.07 Å². The molecule has 1 amide bonds. The first-order chi connectivity index (χ1) is 12.2. The normalized spacial score (nSPS) is 13.4. The van der Waals surface area contributed by atoms with Crippen LogP contribution in [0.1, 0.15) is 21.7 Å². The number of carbonyl (C=O) groups is 1. The van der Waals surface area contributed by atoms with Crippen molar-refractivity contribution in [3.8, 4) is 11.5 Å². The molecule has 3 aromatic rings. The molecule has 0 aromatic carbocycles. The fourth-order valence-corrected chi connectivity index (χ4v) is 2.81. The van der Waals surface area contributed by atoms with Crippen molar-refractivity contribution in [1.29, 1.82) is 0 Å². The molecule has 8 heteroatoms. The SMILES string of the molecule is O=C(c1cnccn1)N1CCc2c(nc(-c3ccccn3)[nH]c2=O)C1. The number of hydrogen-bond acceptors (Lipinski definition) is 6. The predicted octanol–water partition coefficient (Wildman–Crippen LogP) is 0.820. The summed E-state index contributed by atoms with van der Waals surface area (Å²) in [5.74, 6) is 0.179. The van der Waals surface area contributed by atoms with E-state index in [1.54, 1.807) is 23.2 Å². The van der Waals surface area contributed by atoms with Crippen LogP contribution >= 0.6 is 0 Å². The number of nitrogens with zero attached hydrogens (tertiary/aromatic N) is 5. The second-order valence-electron chi connectivity index (χ2n) is 5.62. The molecule has 0 aliphatic carbocycles. The van der Waals surface area contributed by atoms with Crippen LogP contribution < -0.4 is 5.56 Å². The van der Waals surface area contributed by atoms with Gasteiger partial charge in [-0.3, -0.25) is 19.6 Å². The largest absolute Gasteiger partial charge is 0.331 e. The summed E-state index contributed by atoms with van der Waals surface area (Å²) in [5.41, 5.74) is 1.88. The van der Waals surface area contributed by atoms with Crippen LogP contribution in [0.15, 0.2) is 47.8 Å². The van der Waals surface area contributed by atoms with Gasteiger partial charge in [0.25, 0.3) is 11.5 Å². The van der Waals surface area contributed by atoms with E-state index in [9.17, 15) is 9.59 Å². The summed E-state index contributed by atoms with van der Waals surface area (Å²) in [7, 11) is 0. The molecule has 8 nitrogen and oxygen atoms in total. The van der Waals surface area contributed by atoms with E-state index in [0.29, 0.717) is 35.7 Å². The number of amides is 1. The van der Waals surface area contributed by atoms with E-state index in [-0.39, 0.29) is 23.7 Å². The molecule has 0 saturated heterocycles. The van der Waals surface area contributed by atoms with Gasteiger partial charge in [0.1, 0.15) is 11.4 Å². The van der Waals surface area contributed by atoms with Crippen molar-refractivity contribution in [2.75, 3.05) is 6.54 Å². The van der Waals surface area contributed by atoms with Crippen LogP contribution in [0.4, 0.5) is 0 Å². The van der Waals surface area contributed by atoms with E-state index in [1.807, 2.05) is 6.07 Å². The van der Waals surface area contributed by atoms with E-state index < -0.39 is 0 Å². The van der Waals surface area contributed by atoms with Crippen LogP contribution in [0.5, 0.6) is 0 Å². The van der Waals surface area contributed by atoms with Crippen molar-refractivity contribution in [3.63, 3.8) is 0 Å². The minimum Gasteiger partial charge on any atom is -0.331 e. The second kappa shape index (κ2) is 6.23. The molecule has 0 bridgehead atoms. The van der Waals surface area contributed by atoms with E-state index in [4.69, 9.17) is 0 Å². The van der Waals surface area contributed by atoms with Crippen LogP contribution in [-0.2, 0) is 13.0 Å². The molecule has 0 fully saturated rings. The van der Waals surface area contributed by atoms with Crippen molar-refractivity contribution < 1.29 is 4.79 Å². The van der Waals surface area contributed by atoms with E-state index in [1.165, 1.54) is 18.6 Å². The molecule has 124 valence electrons. The van der Waals surface area contributed by atoms with Crippen LogP contribution in [0.25, 0.3) is 11.5 Å². The van der Waals surface area contributed by atoms with E-state index in [0.717, 1.165) is 0 Å². The average molecular weight is 334 g/mol. The highest BCUT2D eigenvalue weighted by atomic mass is 16.2. The molecule has 1 N–H and O–H groups in total. The Morgan fingerprint density at radius 2 is 2.08 bits per heavy atom. The van der Waals surface area contributed by atoms with Gasteiger partial charge in [0.15, 0.2) is 5.82 Å². The minimum atomic E-state index is -0.222. The number of aromatic nitrogens is 5. The summed E-state index contributed by atoms with van der Waals surface area (Å²) < 4.78 is 0. The molecule has 0 unspecified atom stereocenters. The fourth-order valence-electron chi connectivity index (χ4n) is 2.81. The minimum absolute atomic E-state index is 0.183. The number of carbonyl (C=O) groups excluding carboxylic acids is 1. The molecule has 4 heterocycles. The third-order valence-corrected chi connectivity index (χ3v) is 4.05.